The SMILES string of the molecule is C=CC(=O)N1CCN(c2nc(Oc3ccccc3C)nc3c(Oc4c(Cl)c(F)cc5[nH]ncc45)nccc23)CC1. The number of hydrogen-bond acceptors (Lipinski definition) is 8. The molecule has 10 nitrogen and oxygen atoms in total. The number of aromatic amines is 1. The van der Waals surface area contributed by atoms with Gasteiger partial charge >= 0.3 is 6.01 Å². The van der Waals surface area contributed by atoms with Crippen LogP contribution in [-0.2, 0) is 4.79 Å². The molecule has 40 heavy (non-hydrogen) atoms. The number of carbonyl (C=O) groups excluding carboxylic acids is 1. The highest BCUT2D eigenvalue weighted by molar-refractivity contribution is 6.33. The molecule has 1 aliphatic heterocycles. The van der Waals surface area contributed by atoms with Crippen molar-refractivity contribution in [3.8, 4) is 23.4 Å². The summed E-state index contributed by atoms with van der Waals surface area (Å²) in [5, 5.41) is 7.62. The monoisotopic (exact) mass is 559 g/mol. The fourth-order valence-electron chi connectivity index (χ4n) is 4.59. The Bertz CT molecular complexity index is 1770. The van der Waals surface area contributed by atoms with Gasteiger partial charge in [0, 0.05) is 38.4 Å². The van der Waals surface area contributed by atoms with Crippen LogP contribution >= 0.6 is 11.6 Å². The largest absolute Gasteiger partial charge is 0.434 e. The van der Waals surface area contributed by atoms with Crippen LogP contribution in [0.2, 0.25) is 5.02 Å². The third-order valence-electron chi connectivity index (χ3n) is 6.69. The summed E-state index contributed by atoms with van der Waals surface area (Å²) in [5.74, 6) is 0.543. The van der Waals surface area contributed by atoms with Gasteiger partial charge in [0.25, 0.3) is 0 Å². The molecular formula is C28H23ClFN7O3. The second kappa shape index (κ2) is 10.4. The third-order valence-corrected chi connectivity index (χ3v) is 7.05. The van der Waals surface area contributed by atoms with E-state index in [0.717, 1.165) is 5.56 Å². The highest BCUT2D eigenvalue weighted by Gasteiger charge is 2.25. The van der Waals surface area contributed by atoms with Gasteiger partial charge in [-0.2, -0.15) is 15.1 Å². The van der Waals surface area contributed by atoms with Crippen LogP contribution in [0.4, 0.5) is 10.2 Å². The van der Waals surface area contributed by atoms with Crippen LogP contribution in [0.3, 0.4) is 0 Å². The van der Waals surface area contributed by atoms with Crippen LogP contribution < -0.4 is 14.4 Å². The standard InChI is InChI=1S/C28H23ClFN7O3/c1-3-22(38)36-10-12-37(13-11-36)26-17-8-9-31-27(40-25-18-15-32-35-20(18)14-19(30)23(25)29)24(17)33-28(34-26)39-21-7-5-4-6-16(21)2/h3-9,14-15H,1,10-13H2,2H3,(H,32,35). The van der Waals surface area contributed by atoms with E-state index in [0.29, 0.717) is 59.6 Å². The number of aromatic nitrogens is 5. The Hall–Kier alpha value is -4.77. The van der Waals surface area contributed by atoms with Crippen LogP contribution in [0.25, 0.3) is 21.8 Å². The number of hydrogen-bond donors (Lipinski definition) is 1. The Morgan fingerprint density at radius 3 is 2.70 bits per heavy atom. The Morgan fingerprint density at radius 1 is 1.12 bits per heavy atom. The minimum atomic E-state index is -0.667. The third kappa shape index (κ3) is 4.64. The van der Waals surface area contributed by atoms with E-state index >= 15 is 0 Å². The van der Waals surface area contributed by atoms with Crippen molar-refractivity contribution in [1.29, 1.82) is 0 Å². The number of aryl methyl sites for hydroxylation is 1. The summed E-state index contributed by atoms with van der Waals surface area (Å²) < 4.78 is 26.9. The molecule has 0 spiro atoms. The Labute approximate surface area is 233 Å². The van der Waals surface area contributed by atoms with Crippen molar-refractivity contribution in [3.05, 3.63) is 77.9 Å². The summed E-state index contributed by atoms with van der Waals surface area (Å²) in [5.41, 5.74) is 1.67. The summed E-state index contributed by atoms with van der Waals surface area (Å²) in [6.45, 7) is 7.55. The number of piperazine rings is 1. The maximum absolute atomic E-state index is 14.6. The van der Waals surface area contributed by atoms with Gasteiger partial charge in [-0.1, -0.05) is 36.4 Å². The van der Waals surface area contributed by atoms with Crippen molar-refractivity contribution in [1.82, 2.24) is 30.0 Å². The lowest BCUT2D eigenvalue weighted by atomic mass is 10.2. The number of fused-ring (bicyclic) bond motifs is 2. The van der Waals surface area contributed by atoms with E-state index in [4.69, 9.17) is 26.1 Å². The smallest absolute Gasteiger partial charge is 0.324 e. The fraction of sp³-hybridized carbons (Fsp3) is 0.179. The van der Waals surface area contributed by atoms with Crippen LogP contribution in [0.5, 0.6) is 23.4 Å². The Kier molecular flexibility index (Phi) is 6.64. The van der Waals surface area contributed by atoms with E-state index < -0.39 is 5.82 Å². The van der Waals surface area contributed by atoms with Crippen molar-refractivity contribution in [2.75, 3.05) is 31.1 Å². The quantitative estimate of drug-likeness (QED) is 0.275. The summed E-state index contributed by atoms with van der Waals surface area (Å²) in [6, 6.07) is 10.6. The van der Waals surface area contributed by atoms with Crippen molar-refractivity contribution in [2.45, 2.75) is 6.92 Å². The molecule has 0 unspecified atom stereocenters. The fourth-order valence-corrected chi connectivity index (χ4v) is 4.79. The highest BCUT2D eigenvalue weighted by atomic mass is 35.5. The first-order valence-electron chi connectivity index (χ1n) is 12.5. The summed E-state index contributed by atoms with van der Waals surface area (Å²) >= 11 is 6.32. The first-order valence-corrected chi connectivity index (χ1v) is 12.9. The molecule has 1 saturated heterocycles. The molecule has 3 aromatic heterocycles. The van der Waals surface area contributed by atoms with Gasteiger partial charge in [0.15, 0.2) is 5.75 Å². The van der Waals surface area contributed by atoms with Gasteiger partial charge in [0.1, 0.15) is 27.9 Å². The van der Waals surface area contributed by atoms with Gasteiger partial charge in [0.2, 0.25) is 11.8 Å². The van der Waals surface area contributed by atoms with Gasteiger partial charge in [-0.05, 0) is 30.7 Å². The number of benzene rings is 2. The maximum atomic E-state index is 14.6. The first-order chi connectivity index (χ1) is 19.4. The average molecular weight is 560 g/mol. The lowest BCUT2D eigenvalue weighted by Gasteiger charge is -2.35. The number of amides is 1. The number of carbonyl (C=O) groups is 1. The number of anilines is 1. The van der Waals surface area contributed by atoms with Crippen molar-refractivity contribution >= 4 is 45.1 Å². The predicted molar refractivity (Wildman–Crippen MR) is 149 cm³/mol. The van der Waals surface area contributed by atoms with E-state index in [9.17, 15) is 9.18 Å². The number of halogens is 2. The summed E-state index contributed by atoms with van der Waals surface area (Å²) in [7, 11) is 0. The molecule has 0 saturated carbocycles. The molecule has 1 fully saturated rings. The van der Waals surface area contributed by atoms with Crippen molar-refractivity contribution in [3.63, 3.8) is 0 Å². The molecule has 2 aromatic carbocycles. The van der Waals surface area contributed by atoms with Crippen LogP contribution in [0.15, 0.2) is 61.4 Å². The van der Waals surface area contributed by atoms with Crippen LogP contribution in [-0.4, -0.2) is 62.1 Å². The van der Waals surface area contributed by atoms with E-state index in [1.807, 2.05) is 31.2 Å². The van der Waals surface area contributed by atoms with E-state index in [1.165, 1.54) is 18.3 Å². The summed E-state index contributed by atoms with van der Waals surface area (Å²) in [6.07, 6.45) is 4.37. The van der Waals surface area contributed by atoms with E-state index in [2.05, 4.69) is 31.6 Å². The van der Waals surface area contributed by atoms with Crippen LogP contribution in [0, 0.1) is 12.7 Å². The van der Waals surface area contributed by atoms with Crippen molar-refractivity contribution in [2.24, 2.45) is 0 Å². The molecule has 5 aromatic rings. The zero-order valence-corrected chi connectivity index (χ0v) is 22.2. The number of pyridine rings is 1. The van der Waals surface area contributed by atoms with Gasteiger partial charge in [-0.15, -0.1) is 0 Å². The second-order valence-corrected chi connectivity index (χ2v) is 9.54. The average Bonchev–Trinajstić information content (AvgIpc) is 3.44. The molecule has 202 valence electrons. The second-order valence-electron chi connectivity index (χ2n) is 9.16. The highest BCUT2D eigenvalue weighted by Crippen LogP contribution is 2.40. The lowest BCUT2D eigenvalue weighted by Crippen LogP contribution is -2.48. The normalized spacial score (nSPS) is 13.6. The molecule has 1 aliphatic rings. The zero-order valence-electron chi connectivity index (χ0n) is 21.4. The molecule has 0 bridgehead atoms. The van der Waals surface area contributed by atoms with E-state index in [1.54, 1.807) is 17.2 Å². The number of ether oxygens (including phenoxy) is 2. The molecule has 0 aliphatic carbocycles. The predicted octanol–water partition coefficient (Wildman–Crippen LogP) is 5.42. The number of rotatable bonds is 6. The minimum Gasteiger partial charge on any atom is -0.434 e. The lowest BCUT2D eigenvalue weighted by molar-refractivity contribution is -0.126. The molecule has 0 radical (unpaired) electrons. The number of nitrogens with zero attached hydrogens (tertiary/aromatic N) is 6. The van der Waals surface area contributed by atoms with Gasteiger partial charge in [0.05, 0.1) is 22.5 Å². The molecule has 0 atom stereocenters. The topological polar surface area (TPSA) is 109 Å². The van der Waals surface area contributed by atoms with Gasteiger partial charge < -0.3 is 19.3 Å². The molecule has 4 heterocycles. The Balaban J connectivity index is 1.46. The molecule has 12 heteroatoms. The molecule has 1 amide bonds. The van der Waals surface area contributed by atoms with Gasteiger partial charge in [-0.3, -0.25) is 9.89 Å². The summed E-state index contributed by atoms with van der Waals surface area (Å²) in [4.78, 5) is 29.7. The number of H-pyrrole nitrogens is 1. The minimum absolute atomic E-state index is 0.0588. The Morgan fingerprint density at radius 2 is 1.93 bits per heavy atom. The maximum Gasteiger partial charge on any atom is 0.324 e. The molecule has 1 N–H and O–H groups in total. The van der Waals surface area contributed by atoms with Gasteiger partial charge in [-0.25, -0.2) is 9.37 Å². The van der Waals surface area contributed by atoms with Crippen molar-refractivity contribution < 1.29 is 18.7 Å². The number of nitrogens with one attached hydrogen (secondary N) is 1. The first kappa shape index (κ1) is 25.5. The van der Waals surface area contributed by atoms with E-state index in [-0.39, 0.29) is 28.6 Å². The van der Waals surface area contributed by atoms with Crippen LogP contribution in [0.1, 0.15) is 5.56 Å². The molecule has 6 rings (SSSR count). The zero-order chi connectivity index (χ0) is 27.8. The molecular weight excluding hydrogens is 537 g/mol. The number of para-hydroxylation sites is 1.